The Morgan fingerprint density at radius 3 is 2.67 bits per heavy atom. The number of aromatic carboxylic acids is 1. The van der Waals surface area contributed by atoms with Crippen molar-refractivity contribution >= 4 is 39.2 Å². The zero-order valence-corrected chi connectivity index (χ0v) is 30.2. The third-order valence-corrected chi connectivity index (χ3v) is 10.3. The second-order valence-corrected chi connectivity index (χ2v) is 13.6. The van der Waals surface area contributed by atoms with Crippen LogP contribution in [0.5, 0.6) is 5.75 Å². The predicted octanol–water partition coefficient (Wildman–Crippen LogP) is 7.90. The molecule has 4 heterocycles. The Labute approximate surface area is 300 Å². The molecule has 8 bridgehead atoms. The van der Waals surface area contributed by atoms with Crippen LogP contribution in [0, 0.1) is 19.7 Å². The molecule has 1 unspecified atom stereocenters. The van der Waals surface area contributed by atoms with Crippen molar-refractivity contribution in [2.24, 2.45) is 14.1 Å². The maximum atomic E-state index is 14.4. The minimum Gasteiger partial charge on any atom is -0.493 e. The Morgan fingerprint density at radius 2 is 1.88 bits per heavy atom. The molecule has 6 aromatic rings. The average molecular weight is 714 g/mol. The molecule has 3 aromatic heterocycles. The lowest BCUT2D eigenvalue weighted by Gasteiger charge is -2.18. The molecule has 0 aliphatic carbocycles. The van der Waals surface area contributed by atoms with E-state index in [0.717, 1.165) is 55.4 Å². The largest absolute Gasteiger partial charge is 0.493 e. The summed E-state index contributed by atoms with van der Waals surface area (Å²) in [5.41, 5.74) is 7.48. The van der Waals surface area contributed by atoms with Gasteiger partial charge in [-0.2, -0.15) is 10.2 Å². The highest BCUT2D eigenvalue weighted by molar-refractivity contribution is 6.35. The van der Waals surface area contributed by atoms with Crippen LogP contribution in [-0.2, 0) is 49.6 Å². The summed E-state index contributed by atoms with van der Waals surface area (Å²) in [4.78, 5) is 12.9. The van der Waals surface area contributed by atoms with Crippen molar-refractivity contribution in [3.63, 3.8) is 0 Å². The van der Waals surface area contributed by atoms with Gasteiger partial charge in [0, 0.05) is 84.6 Å². The Balaban J connectivity index is 1.40. The Kier molecular flexibility index (Phi) is 9.62. The fraction of sp³-hybridized carbons (Fsp3) is 0.359. The molecule has 3 aromatic carbocycles. The molecule has 0 spiro atoms. The van der Waals surface area contributed by atoms with Gasteiger partial charge in [-0.25, -0.2) is 9.18 Å². The number of carbonyl (C=O) groups is 1. The van der Waals surface area contributed by atoms with E-state index in [1.807, 2.05) is 66.1 Å². The molecule has 0 radical (unpaired) electrons. The van der Waals surface area contributed by atoms with Gasteiger partial charge in [0.2, 0.25) is 0 Å². The molecule has 0 amide bonds. The van der Waals surface area contributed by atoms with Crippen molar-refractivity contribution in [3.05, 3.63) is 99.0 Å². The molecule has 10 nitrogen and oxygen atoms in total. The van der Waals surface area contributed by atoms with Crippen molar-refractivity contribution in [1.82, 2.24) is 24.1 Å². The molecular weight excluding hydrogens is 673 g/mol. The number of methoxy groups -OCH3 is 1. The zero-order valence-electron chi connectivity index (χ0n) is 29.4. The molecule has 1 atom stereocenters. The first kappa shape index (κ1) is 34.7. The van der Waals surface area contributed by atoms with E-state index in [4.69, 9.17) is 36.0 Å². The van der Waals surface area contributed by atoms with E-state index in [1.54, 1.807) is 13.2 Å². The third-order valence-electron chi connectivity index (χ3n) is 9.98. The molecule has 1 N–H and O–H groups in total. The lowest BCUT2D eigenvalue weighted by molar-refractivity contribution is 0.0130. The number of hydrogen-bond donors (Lipinski definition) is 1. The average Bonchev–Trinajstić information content (AvgIpc) is 3.70. The molecule has 266 valence electrons. The van der Waals surface area contributed by atoms with Crippen LogP contribution in [0.3, 0.4) is 0 Å². The quantitative estimate of drug-likeness (QED) is 0.198. The smallest absolute Gasteiger partial charge is 0.352 e. The third kappa shape index (κ3) is 6.50. The minimum absolute atomic E-state index is 0.194. The standard InChI is InChI=1S/C39H41ClFN5O5/c1-22-34-31-12-11-30(40)36(34)35-23(2)44(3)43-37(35)32(13-16-49-5)51-21-27-20-28(45(4)42-27)9-7-24-17-25-19-26(41)8-10-29(25)33(18-24)50-15-6-14-46(31)38(22)39(47)48/h8,10-12,17-20,32H,6-7,9,13-16,21H2,1-5H3,(H,47,48). The van der Waals surface area contributed by atoms with Gasteiger partial charge in [0.05, 0.1) is 24.6 Å². The van der Waals surface area contributed by atoms with Gasteiger partial charge in [0.1, 0.15) is 23.4 Å². The maximum Gasteiger partial charge on any atom is 0.352 e. The fourth-order valence-corrected chi connectivity index (χ4v) is 7.68. The van der Waals surface area contributed by atoms with E-state index in [0.29, 0.717) is 67.5 Å². The molecule has 51 heavy (non-hydrogen) atoms. The van der Waals surface area contributed by atoms with Crippen LogP contribution in [0.15, 0.2) is 48.5 Å². The Morgan fingerprint density at radius 1 is 1.06 bits per heavy atom. The van der Waals surface area contributed by atoms with Gasteiger partial charge >= 0.3 is 5.97 Å². The van der Waals surface area contributed by atoms with Crippen LogP contribution in [0.4, 0.5) is 4.39 Å². The van der Waals surface area contributed by atoms with Crippen molar-refractivity contribution in [3.8, 4) is 16.9 Å². The predicted molar refractivity (Wildman–Crippen MR) is 194 cm³/mol. The van der Waals surface area contributed by atoms with Crippen molar-refractivity contribution < 1.29 is 28.5 Å². The topological polar surface area (TPSA) is 106 Å². The molecule has 1 aliphatic heterocycles. The van der Waals surface area contributed by atoms with Crippen molar-refractivity contribution in [2.45, 2.75) is 58.8 Å². The van der Waals surface area contributed by atoms with Crippen molar-refractivity contribution in [1.29, 1.82) is 0 Å². The number of halogens is 2. The number of rotatable bonds is 4. The normalized spacial score (nSPS) is 15.5. The van der Waals surface area contributed by atoms with Crippen LogP contribution in [0.2, 0.25) is 5.02 Å². The first-order chi connectivity index (χ1) is 24.5. The molecule has 7 rings (SSSR count). The maximum absolute atomic E-state index is 14.4. The van der Waals surface area contributed by atoms with Crippen LogP contribution in [-0.4, -0.2) is 55.5 Å². The SMILES string of the molecule is COCCC1OCc2cc(n(C)n2)CCc2cc(c3ccc(F)cc3c2)OCCCn2c(C(=O)O)c(C)c3c(c(Cl)ccc32)-c2c1nn(C)c2C. The highest BCUT2D eigenvalue weighted by atomic mass is 35.5. The number of nitrogens with zero attached hydrogens (tertiary/aromatic N) is 5. The fourth-order valence-electron chi connectivity index (χ4n) is 7.42. The van der Waals surface area contributed by atoms with E-state index >= 15 is 0 Å². The second-order valence-electron chi connectivity index (χ2n) is 13.2. The second kappa shape index (κ2) is 14.1. The minimum atomic E-state index is -1.03. The summed E-state index contributed by atoms with van der Waals surface area (Å²) in [6.07, 6.45) is 1.97. The van der Waals surface area contributed by atoms with Gasteiger partial charge in [0.15, 0.2) is 0 Å². The van der Waals surface area contributed by atoms with E-state index in [9.17, 15) is 14.3 Å². The van der Waals surface area contributed by atoms with Crippen LogP contribution < -0.4 is 4.74 Å². The lowest BCUT2D eigenvalue weighted by Crippen LogP contribution is -2.12. The highest BCUT2D eigenvalue weighted by Gasteiger charge is 2.30. The van der Waals surface area contributed by atoms with Crippen LogP contribution in [0.25, 0.3) is 32.8 Å². The molecule has 0 saturated heterocycles. The number of aryl methyl sites for hydroxylation is 6. The first-order valence-electron chi connectivity index (χ1n) is 17.1. The monoisotopic (exact) mass is 713 g/mol. The van der Waals surface area contributed by atoms with E-state index in [1.165, 1.54) is 12.1 Å². The Hall–Kier alpha value is -4.71. The summed E-state index contributed by atoms with van der Waals surface area (Å²) in [7, 11) is 5.46. The van der Waals surface area contributed by atoms with Crippen LogP contribution >= 0.6 is 11.6 Å². The van der Waals surface area contributed by atoms with Gasteiger partial charge in [-0.3, -0.25) is 9.36 Å². The number of carboxylic acid groups (broad SMARTS) is 1. The number of aromatic nitrogens is 5. The van der Waals surface area contributed by atoms with Crippen LogP contribution in [0.1, 0.15) is 63.3 Å². The summed E-state index contributed by atoms with van der Waals surface area (Å²) in [6, 6.07) is 14.5. The van der Waals surface area contributed by atoms with Gasteiger partial charge in [-0.05, 0) is 92.1 Å². The number of benzene rings is 3. The number of fused-ring (bicyclic) bond motifs is 8. The van der Waals surface area contributed by atoms with E-state index in [-0.39, 0.29) is 18.1 Å². The summed E-state index contributed by atoms with van der Waals surface area (Å²) in [5, 5.41) is 23.1. The van der Waals surface area contributed by atoms with E-state index < -0.39 is 12.1 Å². The van der Waals surface area contributed by atoms with Gasteiger partial charge in [0.25, 0.3) is 0 Å². The Bertz CT molecular complexity index is 2290. The molecule has 0 fully saturated rings. The summed E-state index contributed by atoms with van der Waals surface area (Å²) >= 11 is 7.06. The summed E-state index contributed by atoms with van der Waals surface area (Å²) < 4.78 is 38.4. The van der Waals surface area contributed by atoms with Gasteiger partial charge in [-0.15, -0.1) is 0 Å². The highest BCUT2D eigenvalue weighted by Crippen LogP contribution is 2.44. The number of hydrogen-bond acceptors (Lipinski definition) is 6. The first-order valence-corrected chi connectivity index (χ1v) is 17.5. The van der Waals surface area contributed by atoms with E-state index in [2.05, 4.69) is 6.07 Å². The lowest BCUT2D eigenvalue weighted by atomic mass is 9.94. The molecular formula is C39H41ClFN5O5. The molecule has 0 saturated carbocycles. The molecule has 1 aliphatic rings. The number of carboxylic acids is 1. The van der Waals surface area contributed by atoms with Gasteiger partial charge in [-0.1, -0.05) is 17.7 Å². The zero-order chi connectivity index (χ0) is 36.0. The summed E-state index contributed by atoms with van der Waals surface area (Å²) in [6.45, 7) is 5.20. The summed E-state index contributed by atoms with van der Waals surface area (Å²) in [5.74, 6) is -0.678. The number of ether oxygens (including phenoxy) is 3. The molecule has 12 heteroatoms. The van der Waals surface area contributed by atoms with Gasteiger partial charge < -0.3 is 23.9 Å². The van der Waals surface area contributed by atoms with Crippen molar-refractivity contribution in [2.75, 3.05) is 20.3 Å².